The Hall–Kier alpha value is -1.39. The quantitative estimate of drug-likeness (QED) is 0.866. The lowest BCUT2D eigenvalue weighted by Crippen LogP contribution is -2.30. The van der Waals surface area contributed by atoms with Crippen LogP contribution in [0.3, 0.4) is 0 Å². The molecule has 3 nitrogen and oxygen atoms in total. The van der Waals surface area contributed by atoms with Gasteiger partial charge in [-0.2, -0.15) is 0 Å². The predicted octanol–water partition coefficient (Wildman–Crippen LogP) is 2.98. The zero-order valence-corrected chi connectivity index (χ0v) is 12.2. The first-order valence-electron chi connectivity index (χ1n) is 6.40. The van der Waals surface area contributed by atoms with E-state index in [0.717, 1.165) is 36.2 Å². The van der Waals surface area contributed by atoms with Gasteiger partial charge in [0.15, 0.2) is 0 Å². The third kappa shape index (κ3) is 2.80. The van der Waals surface area contributed by atoms with Gasteiger partial charge in [-0.05, 0) is 51.2 Å². The van der Waals surface area contributed by atoms with E-state index in [1.165, 1.54) is 16.7 Å². The van der Waals surface area contributed by atoms with Crippen LogP contribution in [0.25, 0.3) is 0 Å². The summed E-state index contributed by atoms with van der Waals surface area (Å²) in [5.41, 5.74) is 10.9. The first kappa shape index (κ1) is 12.6. The van der Waals surface area contributed by atoms with E-state index in [0.29, 0.717) is 0 Å². The number of anilines is 1. The molecule has 1 aliphatic rings. The van der Waals surface area contributed by atoms with Gasteiger partial charge in [0.1, 0.15) is 0 Å². The van der Waals surface area contributed by atoms with Gasteiger partial charge >= 0.3 is 0 Å². The molecule has 0 atom stereocenters. The van der Waals surface area contributed by atoms with Crippen LogP contribution >= 0.6 is 15.9 Å². The molecule has 0 amide bonds. The molecule has 0 spiro atoms. The monoisotopic (exact) mass is 317 g/mol. The number of fused-ring (bicyclic) bond motifs is 1. The lowest BCUT2D eigenvalue weighted by Gasteiger charge is -2.29. The van der Waals surface area contributed by atoms with Gasteiger partial charge in [0.05, 0.1) is 0 Å². The van der Waals surface area contributed by atoms with Crippen molar-refractivity contribution in [3.8, 4) is 0 Å². The molecule has 0 saturated heterocycles. The molecule has 98 valence electrons. The summed E-state index contributed by atoms with van der Waals surface area (Å²) in [6.45, 7) is 2.91. The first-order valence-corrected chi connectivity index (χ1v) is 7.20. The lowest BCUT2D eigenvalue weighted by atomic mass is 9.98. The van der Waals surface area contributed by atoms with Gasteiger partial charge in [-0.15, -0.1) is 0 Å². The SMILES string of the molecule is Nc1cccc2c1CN(Cc1cncc(Br)c1)CC2. The van der Waals surface area contributed by atoms with Crippen LogP contribution in [-0.4, -0.2) is 16.4 Å². The number of benzene rings is 1. The summed E-state index contributed by atoms with van der Waals surface area (Å²) in [5, 5.41) is 0. The molecular formula is C15H16BrN3. The number of rotatable bonds is 2. The van der Waals surface area contributed by atoms with E-state index >= 15 is 0 Å². The highest BCUT2D eigenvalue weighted by Crippen LogP contribution is 2.25. The maximum atomic E-state index is 6.07. The number of aromatic nitrogens is 1. The highest BCUT2D eigenvalue weighted by molar-refractivity contribution is 9.10. The standard InChI is InChI=1S/C15H16BrN3/c16-13-6-11(7-18-8-13)9-19-5-4-12-2-1-3-15(17)14(12)10-19/h1-3,6-8H,4-5,9-10,17H2. The fourth-order valence-corrected chi connectivity index (χ4v) is 3.01. The van der Waals surface area contributed by atoms with Crippen molar-refractivity contribution in [2.45, 2.75) is 19.5 Å². The predicted molar refractivity (Wildman–Crippen MR) is 80.6 cm³/mol. The van der Waals surface area contributed by atoms with Crippen LogP contribution in [0.5, 0.6) is 0 Å². The van der Waals surface area contributed by atoms with Crippen LogP contribution in [0.4, 0.5) is 5.69 Å². The highest BCUT2D eigenvalue weighted by Gasteiger charge is 2.18. The van der Waals surface area contributed by atoms with Crippen LogP contribution in [-0.2, 0) is 19.5 Å². The number of halogens is 1. The van der Waals surface area contributed by atoms with Crippen molar-refractivity contribution in [2.24, 2.45) is 0 Å². The summed E-state index contributed by atoms with van der Waals surface area (Å²) in [6.07, 6.45) is 4.81. The molecular weight excluding hydrogens is 302 g/mol. The molecule has 3 rings (SSSR count). The number of nitrogens with two attached hydrogens (primary N) is 1. The maximum absolute atomic E-state index is 6.07. The van der Waals surface area contributed by atoms with Gasteiger partial charge in [-0.1, -0.05) is 12.1 Å². The fourth-order valence-electron chi connectivity index (χ4n) is 2.60. The normalized spacial score (nSPS) is 15.2. The van der Waals surface area contributed by atoms with E-state index in [1.54, 1.807) is 0 Å². The van der Waals surface area contributed by atoms with E-state index in [-0.39, 0.29) is 0 Å². The van der Waals surface area contributed by atoms with Crippen LogP contribution in [0, 0.1) is 0 Å². The van der Waals surface area contributed by atoms with E-state index < -0.39 is 0 Å². The van der Waals surface area contributed by atoms with Gasteiger partial charge in [0, 0.05) is 42.2 Å². The Kier molecular flexibility index (Phi) is 3.53. The van der Waals surface area contributed by atoms with Crippen molar-refractivity contribution in [3.05, 3.63) is 57.8 Å². The summed E-state index contributed by atoms with van der Waals surface area (Å²) < 4.78 is 1.03. The molecule has 1 aliphatic heterocycles. The third-order valence-electron chi connectivity index (χ3n) is 3.56. The van der Waals surface area contributed by atoms with Crippen molar-refractivity contribution in [2.75, 3.05) is 12.3 Å². The Morgan fingerprint density at radius 2 is 2.21 bits per heavy atom. The number of nitrogens with zero attached hydrogens (tertiary/aromatic N) is 2. The first-order chi connectivity index (χ1) is 9.22. The Labute approximate surface area is 121 Å². The van der Waals surface area contributed by atoms with Crippen LogP contribution in [0.15, 0.2) is 41.1 Å². The van der Waals surface area contributed by atoms with Crippen LogP contribution in [0.2, 0.25) is 0 Å². The molecule has 1 aromatic heterocycles. The Morgan fingerprint density at radius 1 is 1.32 bits per heavy atom. The number of pyridine rings is 1. The zero-order valence-electron chi connectivity index (χ0n) is 10.6. The molecule has 19 heavy (non-hydrogen) atoms. The van der Waals surface area contributed by atoms with Gasteiger partial charge in [0.2, 0.25) is 0 Å². The van der Waals surface area contributed by atoms with Crippen LogP contribution < -0.4 is 5.73 Å². The van der Waals surface area contributed by atoms with Gasteiger partial charge in [-0.25, -0.2) is 0 Å². The van der Waals surface area contributed by atoms with Crippen molar-refractivity contribution in [3.63, 3.8) is 0 Å². The second-order valence-corrected chi connectivity index (χ2v) is 5.87. The third-order valence-corrected chi connectivity index (χ3v) is 3.99. The molecule has 0 unspecified atom stereocenters. The second-order valence-electron chi connectivity index (χ2n) is 4.96. The van der Waals surface area contributed by atoms with E-state index in [2.05, 4.69) is 37.9 Å². The molecule has 0 radical (unpaired) electrons. The number of nitrogen functional groups attached to an aromatic ring is 1. The Morgan fingerprint density at radius 3 is 3.05 bits per heavy atom. The van der Waals surface area contributed by atoms with Crippen molar-refractivity contribution in [1.82, 2.24) is 9.88 Å². The average Bonchev–Trinajstić information content (AvgIpc) is 2.40. The maximum Gasteiger partial charge on any atom is 0.0410 e. The fraction of sp³-hybridized carbons (Fsp3) is 0.267. The van der Waals surface area contributed by atoms with Crippen LogP contribution in [0.1, 0.15) is 16.7 Å². The number of hydrogen-bond donors (Lipinski definition) is 1. The molecule has 0 fully saturated rings. The van der Waals surface area contributed by atoms with Gasteiger partial charge < -0.3 is 5.73 Å². The zero-order chi connectivity index (χ0) is 13.2. The van der Waals surface area contributed by atoms with Crippen molar-refractivity contribution < 1.29 is 0 Å². The number of hydrogen-bond acceptors (Lipinski definition) is 3. The highest BCUT2D eigenvalue weighted by atomic mass is 79.9. The molecule has 2 aromatic rings. The second kappa shape index (κ2) is 5.31. The summed E-state index contributed by atoms with van der Waals surface area (Å²) in [6, 6.07) is 8.34. The van der Waals surface area contributed by atoms with Crippen molar-refractivity contribution >= 4 is 21.6 Å². The summed E-state index contributed by atoms with van der Waals surface area (Å²) in [7, 11) is 0. The molecule has 0 aliphatic carbocycles. The topological polar surface area (TPSA) is 42.1 Å². The molecule has 4 heteroatoms. The molecule has 1 aromatic carbocycles. The summed E-state index contributed by atoms with van der Waals surface area (Å²) >= 11 is 3.46. The molecule has 2 N–H and O–H groups in total. The van der Waals surface area contributed by atoms with Crippen molar-refractivity contribution in [1.29, 1.82) is 0 Å². The van der Waals surface area contributed by atoms with E-state index in [4.69, 9.17) is 5.73 Å². The minimum absolute atomic E-state index is 0.912. The average molecular weight is 318 g/mol. The summed E-state index contributed by atoms with van der Waals surface area (Å²) in [5.74, 6) is 0. The molecule has 2 heterocycles. The summed E-state index contributed by atoms with van der Waals surface area (Å²) in [4.78, 5) is 6.63. The van der Waals surface area contributed by atoms with Gasteiger partial charge in [-0.3, -0.25) is 9.88 Å². The Bertz CT molecular complexity index is 598. The lowest BCUT2D eigenvalue weighted by molar-refractivity contribution is 0.246. The van der Waals surface area contributed by atoms with Gasteiger partial charge in [0.25, 0.3) is 0 Å². The molecule has 0 bridgehead atoms. The molecule has 0 saturated carbocycles. The van der Waals surface area contributed by atoms with E-state index in [1.807, 2.05) is 24.5 Å². The minimum atomic E-state index is 0.912. The largest absolute Gasteiger partial charge is 0.398 e. The minimum Gasteiger partial charge on any atom is -0.398 e. The van der Waals surface area contributed by atoms with E-state index in [9.17, 15) is 0 Å². The smallest absolute Gasteiger partial charge is 0.0410 e. The Balaban J connectivity index is 1.77.